The molecule has 0 fully saturated rings. The summed E-state index contributed by atoms with van der Waals surface area (Å²) in [4.78, 5) is 28.3. The van der Waals surface area contributed by atoms with Gasteiger partial charge in [0.05, 0.1) is 17.1 Å². The average Bonchev–Trinajstić information content (AvgIpc) is 2.77. The van der Waals surface area contributed by atoms with Crippen molar-refractivity contribution in [2.75, 3.05) is 4.90 Å². The molecule has 0 saturated carbocycles. The van der Waals surface area contributed by atoms with E-state index >= 15 is 0 Å². The van der Waals surface area contributed by atoms with Gasteiger partial charge in [-0.25, -0.2) is 4.39 Å². The number of nitrogens with one attached hydrogen (secondary N) is 1. The lowest BCUT2D eigenvalue weighted by atomic mass is 10.1. The van der Waals surface area contributed by atoms with E-state index in [0.29, 0.717) is 16.3 Å². The molecule has 7 heteroatoms. The zero-order valence-electron chi connectivity index (χ0n) is 16.3. The summed E-state index contributed by atoms with van der Waals surface area (Å²) in [7, 11) is 0. The second-order valence-electron chi connectivity index (χ2n) is 6.87. The Morgan fingerprint density at radius 1 is 1.00 bits per heavy atom. The van der Waals surface area contributed by atoms with Crippen molar-refractivity contribution in [3.8, 4) is 0 Å². The molecule has 1 aliphatic rings. The van der Waals surface area contributed by atoms with E-state index in [0.717, 1.165) is 10.5 Å². The van der Waals surface area contributed by atoms with Gasteiger partial charge < -0.3 is 10.2 Å². The molecule has 0 aromatic heterocycles. The number of benzene rings is 3. The molecule has 0 aliphatic carbocycles. The van der Waals surface area contributed by atoms with E-state index < -0.39 is 5.91 Å². The second-order valence-corrected chi connectivity index (χ2v) is 8.36. The summed E-state index contributed by atoms with van der Waals surface area (Å²) >= 11 is 7.35. The minimum Gasteiger partial charge on any atom is -0.348 e. The van der Waals surface area contributed by atoms with E-state index in [1.807, 2.05) is 42.5 Å². The Bertz CT molecular complexity index is 1180. The molecule has 31 heavy (non-hydrogen) atoms. The number of carbonyl (C=O) groups is 2. The first-order valence-corrected chi connectivity index (χ1v) is 10.8. The van der Waals surface area contributed by atoms with Gasteiger partial charge in [-0.3, -0.25) is 9.59 Å². The summed E-state index contributed by atoms with van der Waals surface area (Å²) in [6.45, 7) is 0.318. The number of thioether (sulfide) groups is 1. The predicted octanol–water partition coefficient (Wildman–Crippen LogP) is 5.32. The van der Waals surface area contributed by atoms with Gasteiger partial charge in [-0.05, 0) is 29.8 Å². The molecule has 0 atom stereocenters. The Balaban J connectivity index is 1.57. The molecule has 156 valence electrons. The first-order valence-electron chi connectivity index (χ1n) is 9.58. The molecule has 0 spiro atoms. The molecule has 0 bridgehead atoms. The molecule has 3 aromatic carbocycles. The van der Waals surface area contributed by atoms with Gasteiger partial charge in [0.1, 0.15) is 5.82 Å². The quantitative estimate of drug-likeness (QED) is 0.533. The van der Waals surface area contributed by atoms with Crippen LogP contribution in [0.5, 0.6) is 0 Å². The molecule has 0 radical (unpaired) electrons. The third-order valence-electron chi connectivity index (χ3n) is 4.79. The van der Waals surface area contributed by atoms with Crippen molar-refractivity contribution >= 4 is 40.9 Å². The molecule has 4 rings (SSSR count). The number of amides is 2. The fourth-order valence-electron chi connectivity index (χ4n) is 3.21. The first-order chi connectivity index (χ1) is 15.0. The van der Waals surface area contributed by atoms with Gasteiger partial charge in [0, 0.05) is 28.1 Å². The molecule has 2 amide bonds. The number of halogens is 2. The molecule has 0 saturated heterocycles. The van der Waals surface area contributed by atoms with E-state index in [9.17, 15) is 14.0 Å². The topological polar surface area (TPSA) is 49.4 Å². The molecule has 3 aromatic rings. The monoisotopic (exact) mass is 452 g/mol. The maximum atomic E-state index is 14.2. The van der Waals surface area contributed by atoms with Crippen LogP contribution in [0, 0.1) is 5.82 Å². The van der Waals surface area contributed by atoms with Crippen LogP contribution in [0.4, 0.5) is 10.1 Å². The Morgan fingerprint density at radius 2 is 1.68 bits per heavy atom. The summed E-state index contributed by atoms with van der Waals surface area (Å²) in [5.41, 5.74) is 1.87. The summed E-state index contributed by atoms with van der Waals surface area (Å²) in [6.07, 6.45) is 1.29. The van der Waals surface area contributed by atoms with Crippen molar-refractivity contribution in [3.05, 3.63) is 106 Å². The number of hydrogen-bond acceptors (Lipinski definition) is 3. The van der Waals surface area contributed by atoms with Crippen LogP contribution >= 0.6 is 23.4 Å². The molecule has 1 N–H and O–H groups in total. The second kappa shape index (κ2) is 9.37. The number of rotatable bonds is 5. The van der Waals surface area contributed by atoms with Gasteiger partial charge in [0.15, 0.2) is 0 Å². The number of anilines is 1. The van der Waals surface area contributed by atoms with Crippen molar-refractivity contribution in [2.24, 2.45) is 0 Å². The number of para-hydroxylation sites is 1. The lowest BCUT2D eigenvalue weighted by Crippen LogP contribution is -2.35. The molecular formula is C24H18ClFN2O2S. The summed E-state index contributed by atoms with van der Waals surface area (Å²) in [5, 5.41) is 3.32. The van der Waals surface area contributed by atoms with Crippen LogP contribution in [0.25, 0.3) is 0 Å². The normalized spacial score (nSPS) is 14.5. The number of hydrogen-bond donors (Lipinski definition) is 1. The van der Waals surface area contributed by atoms with E-state index in [2.05, 4.69) is 5.32 Å². The van der Waals surface area contributed by atoms with Crippen molar-refractivity contribution < 1.29 is 14.0 Å². The van der Waals surface area contributed by atoms with Crippen LogP contribution in [-0.2, 0) is 22.7 Å². The highest BCUT2D eigenvalue weighted by Crippen LogP contribution is 2.41. The van der Waals surface area contributed by atoms with Gasteiger partial charge in [0.2, 0.25) is 5.91 Å². The molecule has 0 unspecified atom stereocenters. The lowest BCUT2D eigenvalue weighted by Gasteiger charge is -2.30. The Hall–Kier alpha value is -3.09. The number of fused-ring (bicyclic) bond motifs is 1. The number of carbonyl (C=O) groups excluding carboxylic acids is 2. The summed E-state index contributed by atoms with van der Waals surface area (Å²) in [6, 6.07) is 20.9. The number of nitrogens with zero attached hydrogens (tertiary/aromatic N) is 1. The van der Waals surface area contributed by atoms with Gasteiger partial charge in [-0.2, -0.15) is 0 Å². The van der Waals surface area contributed by atoms with Crippen molar-refractivity contribution in [2.45, 2.75) is 18.0 Å². The maximum Gasteiger partial charge on any atom is 0.265 e. The van der Waals surface area contributed by atoms with Gasteiger partial charge in [-0.1, -0.05) is 71.9 Å². The van der Waals surface area contributed by atoms with Crippen LogP contribution in [0.15, 0.2) is 88.7 Å². The largest absolute Gasteiger partial charge is 0.348 e. The van der Waals surface area contributed by atoms with E-state index in [1.165, 1.54) is 28.8 Å². The molecule has 4 nitrogen and oxygen atoms in total. The smallest absolute Gasteiger partial charge is 0.265 e. The van der Waals surface area contributed by atoms with Crippen molar-refractivity contribution in [1.29, 1.82) is 0 Å². The minimum atomic E-state index is -0.402. The average molecular weight is 453 g/mol. The highest BCUT2D eigenvalue weighted by atomic mass is 35.5. The minimum absolute atomic E-state index is 0.0711. The zero-order valence-corrected chi connectivity index (χ0v) is 17.9. The van der Waals surface area contributed by atoms with Crippen LogP contribution < -0.4 is 10.2 Å². The highest BCUT2D eigenvalue weighted by Gasteiger charge is 2.30. The Kier molecular flexibility index (Phi) is 6.39. The van der Waals surface area contributed by atoms with Crippen LogP contribution in [-0.4, -0.2) is 11.8 Å². The highest BCUT2D eigenvalue weighted by molar-refractivity contribution is 8.04. The Labute approximate surface area is 188 Å². The fourth-order valence-corrected chi connectivity index (χ4v) is 4.44. The molecule has 1 aliphatic heterocycles. The van der Waals surface area contributed by atoms with Gasteiger partial charge in [0.25, 0.3) is 5.91 Å². The van der Waals surface area contributed by atoms with Gasteiger partial charge in [-0.15, -0.1) is 0 Å². The zero-order chi connectivity index (χ0) is 21.8. The summed E-state index contributed by atoms with van der Waals surface area (Å²) < 4.78 is 14.2. The third kappa shape index (κ3) is 4.81. The summed E-state index contributed by atoms with van der Waals surface area (Å²) in [5.74, 6) is -1.13. The maximum absolute atomic E-state index is 14.2. The third-order valence-corrected chi connectivity index (χ3v) is 6.24. The Morgan fingerprint density at radius 3 is 2.45 bits per heavy atom. The van der Waals surface area contributed by atoms with Crippen LogP contribution in [0.1, 0.15) is 11.1 Å². The first kappa shape index (κ1) is 21.2. The van der Waals surface area contributed by atoms with Crippen molar-refractivity contribution in [3.63, 3.8) is 0 Å². The standard InChI is InChI=1S/C24H18ClFN2O2S/c25-18-9-3-1-7-16(18)14-27-23(29)13-22-24(30)28(15-17-8-2-4-10-19(17)26)20-11-5-6-12-21(20)31-22/h1-13H,14-15H2,(H,27,29)/b22-13-. The van der Waals surface area contributed by atoms with Crippen LogP contribution in [0.2, 0.25) is 5.02 Å². The van der Waals surface area contributed by atoms with E-state index in [4.69, 9.17) is 11.6 Å². The SMILES string of the molecule is O=C(/C=C1\Sc2ccccc2N(Cc2ccccc2F)C1=O)NCc1ccccc1Cl. The lowest BCUT2D eigenvalue weighted by molar-refractivity contribution is -0.118. The molecule has 1 heterocycles. The van der Waals surface area contributed by atoms with Crippen molar-refractivity contribution in [1.82, 2.24) is 5.32 Å². The molecular weight excluding hydrogens is 435 g/mol. The fraction of sp³-hybridized carbons (Fsp3) is 0.0833. The van der Waals surface area contributed by atoms with E-state index in [1.54, 1.807) is 24.3 Å². The predicted molar refractivity (Wildman–Crippen MR) is 121 cm³/mol. The van der Waals surface area contributed by atoms with E-state index in [-0.39, 0.29) is 29.7 Å². The van der Waals surface area contributed by atoms with Crippen LogP contribution in [0.3, 0.4) is 0 Å². The van der Waals surface area contributed by atoms with Gasteiger partial charge >= 0.3 is 0 Å².